The molecule has 10 heteroatoms. The second-order valence-electron chi connectivity index (χ2n) is 7.95. The van der Waals surface area contributed by atoms with E-state index < -0.39 is 32.5 Å². The van der Waals surface area contributed by atoms with E-state index in [2.05, 4.69) is 10.0 Å². The third kappa shape index (κ3) is 5.38. The van der Waals surface area contributed by atoms with E-state index >= 15 is 0 Å². The molecule has 2 amide bonds. The van der Waals surface area contributed by atoms with Crippen LogP contribution in [-0.2, 0) is 16.2 Å². The number of piperidine rings is 1. The summed E-state index contributed by atoms with van der Waals surface area (Å²) in [7, 11) is -3.47. The fourth-order valence-electron chi connectivity index (χ4n) is 2.77. The number of hydrogen-bond donors (Lipinski definition) is 2. The van der Waals surface area contributed by atoms with Crippen LogP contribution in [0.2, 0.25) is 0 Å². The van der Waals surface area contributed by atoms with Crippen LogP contribution in [0, 0.1) is 6.92 Å². The van der Waals surface area contributed by atoms with Gasteiger partial charge in [-0.1, -0.05) is 0 Å². The summed E-state index contributed by atoms with van der Waals surface area (Å²) < 4.78 is 64.4. The minimum Gasteiger partial charge on any atom is -0.324 e. The fraction of sp³-hybridized carbons (Fsp3) is 0.611. The Morgan fingerprint density at radius 1 is 1.14 bits per heavy atom. The molecule has 2 rings (SSSR count). The number of anilines is 1. The number of nitrogens with zero attached hydrogens (tertiary/aromatic N) is 1. The molecule has 2 N–H and O–H groups in total. The molecule has 0 spiro atoms. The van der Waals surface area contributed by atoms with E-state index in [1.54, 1.807) is 20.8 Å². The first-order valence-electron chi connectivity index (χ1n) is 8.96. The molecule has 28 heavy (non-hydrogen) atoms. The zero-order chi connectivity index (χ0) is 21.3. The lowest BCUT2D eigenvalue weighted by molar-refractivity contribution is -0.137. The van der Waals surface area contributed by atoms with Crippen molar-refractivity contribution in [3.05, 3.63) is 29.3 Å². The van der Waals surface area contributed by atoms with Gasteiger partial charge < -0.3 is 10.2 Å². The monoisotopic (exact) mass is 421 g/mol. The van der Waals surface area contributed by atoms with Crippen molar-refractivity contribution in [2.75, 3.05) is 18.4 Å². The molecule has 0 atom stereocenters. The molecular weight excluding hydrogens is 395 g/mol. The second kappa shape index (κ2) is 7.90. The van der Waals surface area contributed by atoms with Gasteiger partial charge in [-0.3, -0.25) is 0 Å². The molecule has 0 aliphatic carbocycles. The van der Waals surface area contributed by atoms with Crippen molar-refractivity contribution in [1.29, 1.82) is 0 Å². The molecule has 158 valence electrons. The van der Waals surface area contributed by atoms with E-state index in [1.165, 1.54) is 17.9 Å². The Hall–Kier alpha value is -1.81. The number of benzene rings is 1. The first-order valence-corrected chi connectivity index (χ1v) is 10.4. The summed E-state index contributed by atoms with van der Waals surface area (Å²) in [5.41, 5.74) is -0.139. The first-order chi connectivity index (χ1) is 12.7. The Kier molecular flexibility index (Phi) is 6.34. The van der Waals surface area contributed by atoms with Crippen molar-refractivity contribution in [3.8, 4) is 0 Å². The van der Waals surface area contributed by atoms with E-state index in [-0.39, 0.29) is 6.04 Å². The molecule has 1 aromatic rings. The molecule has 1 aliphatic heterocycles. The molecule has 1 saturated heterocycles. The van der Waals surface area contributed by atoms with Gasteiger partial charge in [0.05, 0.1) is 10.3 Å². The van der Waals surface area contributed by atoms with Crippen LogP contribution in [-0.4, -0.2) is 43.2 Å². The number of carbonyl (C=O) groups excluding carboxylic acids is 1. The van der Waals surface area contributed by atoms with E-state index in [9.17, 15) is 26.4 Å². The van der Waals surface area contributed by atoms with Crippen LogP contribution in [0.3, 0.4) is 0 Å². The maximum Gasteiger partial charge on any atom is 0.416 e. The first kappa shape index (κ1) is 22.5. The van der Waals surface area contributed by atoms with Gasteiger partial charge in [0.25, 0.3) is 0 Å². The highest BCUT2D eigenvalue weighted by molar-refractivity contribution is 7.90. The normalized spacial score (nSPS) is 16.9. The van der Waals surface area contributed by atoms with Gasteiger partial charge in [0, 0.05) is 24.8 Å². The van der Waals surface area contributed by atoms with E-state index in [0.29, 0.717) is 37.2 Å². The lowest BCUT2D eigenvalue weighted by Gasteiger charge is -2.33. The second-order valence-corrected chi connectivity index (χ2v) is 10.4. The van der Waals surface area contributed by atoms with Gasteiger partial charge in [-0.05, 0) is 64.3 Å². The van der Waals surface area contributed by atoms with Crippen LogP contribution >= 0.6 is 0 Å². The molecule has 1 fully saturated rings. The molecule has 0 bridgehead atoms. The third-order valence-corrected chi connectivity index (χ3v) is 6.96. The number of halogens is 3. The topological polar surface area (TPSA) is 78.5 Å². The molecule has 0 unspecified atom stereocenters. The lowest BCUT2D eigenvalue weighted by atomic mass is 10.1. The highest BCUT2D eigenvalue weighted by Crippen LogP contribution is 2.31. The Morgan fingerprint density at radius 3 is 2.18 bits per heavy atom. The number of nitrogens with one attached hydrogen (secondary N) is 2. The van der Waals surface area contributed by atoms with Gasteiger partial charge in [-0.25, -0.2) is 17.9 Å². The Labute approximate surface area is 163 Å². The minimum atomic E-state index is -4.43. The zero-order valence-corrected chi connectivity index (χ0v) is 17.2. The molecule has 1 heterocycles. The molecule has 1 aliphatic rings. The minimum absolute atomic E-state index is 0.249. The summed E-state index contributed by atoms with van der Waals surface area (Å²) in [4.78, 5) is 13.9. The summed E-state index contributed by atoms with van der Waals surface area (Å²) in [6, 6.07) is 2.49. The maximum absolute atomic E-state index is 12.7. The Bertz CT molecular complexity index is 825. The van der Waals surface area contributed by atoms with Crippen LogP contribution < -0.4 is 10.0 Å². The molecule has 6 nitrogen and oxygen atoms in total. The van der Waals surface area contributed by atoms with Crippen molar-refractivity contribution in [2.45, 2.75) is 57.5 Å². The van der Waals surface area contributed by atoms with Crippen molar-refractivity contribution in [1.82, 2.24) is 9.62 Å². The Morgan fingerprint density at radius 2 is 1.71 bits per heavy atom. The quantitative estimate of drug-likeness (QED) is 0.781. The highest BCUT2D eigenvalue weighted by atomic mass is 32.2. The summed E-state index contributed by atoms with van der Waals surface area (Å²) in [5.74, 6) is 0. The van der Waals surface area contributed by atoms with Gasteiger partial charge in [0.2, 0.25) is 10.0 Å². The van der Waals surface area contributed by atoms with Crippen molar-refractivity contribution < 1.29 is 26.4 Å². The number of carbonyl (C=O) groups is 1. The van der Waals surface area contributed by atoms with Crippen molar-refractivity contribution >= 4 is 21.7 Å². The molecule has 0 saturated carbocycles. The zero-order valence-electron chi connectivity index (χ0n) is 16.4. The van der Waals surface area contributed by atoms with Crippen LogP contribution in [0.25, 0.3) is 0 Å². The van der Waals surface area contributed by atoms with Gasteiger partial charge in [0.15, 0.2) is 0 Å². The molecule has 1 aromatic carbocycles. The molecular formula is C18H26F3N3O3S. The SMILES string of the molecule is Cc1cc(C(F)(F)F)ccc1NC(=O)N1CCC(NS(=O)(=O)C(C)(C)C)CC1. The number of likely N-dealkylation sites (tertiary alicyclic amines) is 1. The number of sulfonamides is 1. The van der Waals surface area contributed by atoms with Crippen LogP contribution in [0.1, 0.15) is 44.7 Å². The number of amides is 2. The van der Waals surface area contributed by atoms with E-state index in [0.717, 1.165) is 12.1 Å². The van der Waals surface area contributed by atoms with Crippen molar-refractivity contribution in [3.63, 3.8) is 0 Å². The number of urea groups is 1. The van der Waals surface area contributed by atoms with Gasteiger partial charge in [-0.15, -0.1) is 0 Å². The van der Waals surface area contributed by atoms with Crippen LogP contribution in [0.15, 0.2) is 18.2 Å². The third-order valence-electron chi connectivity index (χ3n) is 4.71. The van der Waals surface area contributed by atoms with Crippen LogP contribution in [0.4, 0.5) is 23.7 Å². The van der Waals surface area contributed by atoms with Gasteiger partial charge in [0.1, 0.15) is 0 Å². The number of aryl methyl sites for hydroxylation is 1. The summed E-state index contributed by atoms with van der Waals surface area (Å²) >= 11 is 0. The number of alkyl halides is 3. The maximum atomic E-state index is 12.7. The molecule has 0 aromatic heterocycles. The number of hydrogen-bond acceptors (Lipinski definition) is 3. The fourth-order valence-corrected chi connectivity index (χ4v) is 3.80. The highest BCUT2D eigenvalue weighted by Gasteiger charge is 2.33. The van der Waals surface area contributed by atoms with Gasteiger partial charge >= 0.3 is 12.2 Å². The summed E-state index contributed by atoms with van der Waals surface area (Å²) in [6.45, 7) is 7.04. The van der Waals surface area contributed by atoms with Crippen LogP contribution in [0.5, 0.6) is 0 Å². The average Bonchev–Trinajstić information content (AvgIpc) is 2.55. The lowest BCUT2D eigenvalue weighted by Crippen LogP contribution is -2.50. The smallest absolute Gasteiger partial charge is 0.324 e. The predicted octanol–water partition coefficient (Wildman–Crippen LogP) is 3.73. The van der Waals surface area contributed by atoms with Crippen molar-refractivity contribution in [2.24, 2.45) is 0 Å². The van der Waals surface area contributed by atoms with Gasteiger partial charge in [-0.2, -0.15) is 13.2 Å². The summed E-state index contributed by atoms with van der Waals surface area (Å²) in [5, 5.41) is 2.63. The number of rotatable bonds is 3. The predicted molar refractivity (Wildman–Crippen MR) is 102 cm³/mol. The summed E-state index contributed by atoms with van der Waals surface area (Å²) in [6.07, 6.45) is -3.50. The standard InChI is InChI=1S/C18H26F3N3O3S/c1-12-11-13(18(19,20)21)5-6-15(12)22-16(25)24-9-7-14(8-10-24)23-28(26,27)17(2,3)4/h5-6,11,14,23H,7-10H2,1-4H3,(H,22,25). The van der Waals surface area contributed by atoms with E-state index in [4.69, 9.17) is 0 Å². The largest absolute Gasteiger partial charge is 0.416 e. The Balaban J connectivity index is 1.94. The molecule has 0 radical (unpaired) electrons. The van der Waals surface area contributed by atoms with E-state index in [1.807, 2.05) is 0 Å². The average molecular weight is 421 g/mol.